The van der Waals surface area contributed by atoms with Crippen LogP contribution in [0.5, 0.6) is 11.5 Å². The number of hydrogen-bond donors (Lipinski definition) is 2. The number of nitrogens with zero attached hydrogens (tertiary/aromatic N) is 1. The number of carbonyl (C=O) groups excluding carboxylic acids is 3. The van der Waals surface area contributed by atoms with Crippen molar-refractivity contribution in [2.24, 2.45) is 5.10 Å². The Labute approximate surface area is 227 Å². The van der Waals surface area contributed by atoms with Gasteiger partial charge in [0.25, 0.3) is 11.8 Å². The normalized spacial score (nSPS) is 10.8. The number of benzene rings is 4. The van der Waals surface area contributed by atoms with Crippen LogP contribution in [-0.2, 0) is 4.79 Å². The monoisotopic (exact) mass is 573 g/mol. The lowest BCUT2D eigenvalue weighted by Gasteiger charge is -2.11. The maximum absolute atomic E-state index is 12.8. The second kappa shape index (κ2) is 12.6. The summed E-state index contributed by atoms with van der Waals surface area (Å²) in [7, 11) is 0. The van der Waals surface area contributed by atoms with E-state index in [1.165, 1.54) is 6.21 Å². The molecule has 2 amide bonds. The van der Waals surface area contributed by atoms with Crippen LogP contribution in [0.25, 0.3) is 10.8 Å². The van der Waals surface area contributed by atoms with Gasteiger partial charge < -0.3 is 14.8 Å². The fraction of sp³-hybridized carbons (Fsp3) is 0.103. The minimum absolute atomic E-state index is 0.266. The molecule has 0 heterocycles. The Balaban J connectivity index is 1.46. The molecule has 4 rings (SSSR count). The van der Waals surface area contributed by atoms with E-state index in [0.29, 0.717) is 29.0 Å². The van der Waals surface area contributed by atoms with Crippen molar-refractivity contribution in [3.63, 3.8) is 0 Å². The van der Waals surface area contributed by atoms with Crippen molar-refractivity contribution >= 4 is 50.7 Å². The van der Waals surface area contributed by atoms with E-state index in [4.69, 9.17) is 9.47 Å². The lowest BCUT2D eigenvalue weighted by molar-refractivity contribution is -0.120. The molecule has 0 aliphatic carbocycles. The summed E-state index contributed by atoms with van der Waals surface area (Å²) in [6, 6.07) is 24.5. The van der Waals surface area contributed by atoms with Crippen molar-refractivity contribution in [3.05, 3.63) is 106 Å². The van der Waals surface area contributed by atoms with Crippen LogP contribution in [0.2, 0.25) is 0 Å². The zero-order valence-electron chi connectivity index (χ0n) is 20.4. The lowest BCUT2D eigenvalue weighted by atomic mass is 10.0. The molecule has 0 aliphatic rings. The summed E-state index contributed by atoms with van der Waals surface area (Å²) < 4.78 is 11.9. The number of nitrogens with one attached hydrogen (secondary N) is 2. The average Bonchev–Trinajstić information content (AvgIpc) is 2.93. The summed E-state index contributed by atoms with van der Waals surface area (Å²) in [4.78, 5) is 37.3. The van der Waals surface area contributed by atoms with E-state index in [9.17, 15) is 14.4 Å². The van der Waals surface area contributed by atoms with Gasteiger partial charge in [-0.1, -0.05) is 52.3 Å². The van der Waals surface area contributed by atoms with Crippen molar-refractivity contribution in [1.29, 1.82) is 0 Å². The highest BCUT2D eigenvalue weighted by atomic mass is 79.9. The first-order valence-corrected chi connectivity index (χ1v) is 12.6. The lowest BCUT2D eigenvalue weighted by Crippen LogP contribution is -2.34. The van der Waals surface area contributed by atoms with Crippen molar-refractivity contribution in [2.75, 3.05) is 13.2 Å². The molecule has 0 unspecified atom stereocenters. The van der Waals surface area contributed by atoms with Gasteiger partial charge in [-0.25, -0.2) is 10.2 Å². The smallest absolute Gasteiger partial charge is 0.343 e. The molecule has 0 saturated heterocycles. The van der Waals surface area contributed by atoms with Crippen molar-refractivity contribution in [2.45, 2.75) is 6.92 Å². The number of fused-ring (bicyclic) bond motifs is 1. The summed E-state index contributed by atoms with van der Waals surface area (Å²) in [6.45, 7) is 2.14. The van der Waals surface area contributed by atoms with E-state index in [1.54, 1.807) is 54.6 Å². The van der Waals surface area contributed by atoms with Gasteiger partial charge in [-0.3, -0.25) is 9.59 Å². The predicted octanol–water partition coefficient (Wildman–Crippen LogP) is 5.10. The van der Waals surface area contributed by atoms with Gasteiger partial charge in [0.1, 0.15) is 11.5 Å². The largest absolute Gasteiger partial charge is 0.494 e. The Bertz CT molecular complexity index is 1500. The van der Waals surface area contributed by atoms with Crippen LogP contribution in [0.3, 0.4) is 0 Å². The fourth-order valence-corrected chi connectivity index (χ4v) is 4.01. The highest BCUT2D eigenvalue weighted by molar-refractivity contribution is 9.10. The zero-order valence-corrected chi connectivity index (χ0v) is 22.0. The number of ether oxygens (including phenoxy) is 2. The summed E-state index contributed by atoms with van der Waals surface area (Å²) >= 11 is 3.31. The van der Waals surface area contributed by atoms with E-state index in [0.717, 1.165) is 15.2 Å². The third-order valence-electron chi connectivity index (χ3n) is 5.41. The molecule has 9 heteroatoms. The minimum Gasteiger partial charge on any atom is -0.494 e. The molecule has 0 radical (unpaired) electrons. The topological polar surface area (TPSA) is 106 Å². The van der Waals surface area contributed by atoms with Gasteiger partial charge in [-0.15, -0.1) is 0 Å². The molecule has 192 valence electrons. The molecule has 4 aromatic rings. The van der Waals surface area contributed by atoms with Crippen LogP contribution in [0, 0.1) is 0 Å². The first-order chi connectivity index (χ1) is 18.4. The van der Waals surface area contributed by atoms with Gasteiger partial charge >= 0.3 is 5.97 Å². The Morgan fingerprint density at radius 1 is 0.921 bits per heavy atom. The second-order valence-corrected chi connectivity index (χ2v) is 8.95. The van der Waals surface area contributed by atoms with Gasteiger partial charge in [0.2, 0.25) is 0 Å². The molecule has 0 fully saturated rings. The molecular formula is C29H24BrN3O5. The predicted molar refractivity (Wildman–Crippen MR) is 149 cm³/mol. The SMILES string of the molecule is CCOc1ccc(C(=O)Oc2ccc3ccccc3c2/C=N\NC(=O)CNC(=O)c2cccc(Br)c2)cc1. The average molecular weight is 574 g/mol. The van der Waals surface area contributed by atoms with Gasteiger partial charge in [-0.05, 0) is 66.2 Å². The highest BCUT2D eigenvalue weighted by Gasteiger charge is 2.14. The Kier molecular flexibility index (Phi) is 8.84. The fourth-order valence-electron chi connectivity index (χ4n) is 3.61. The molecule has 8 nitrogen and oxygen atoms in total. The summed E-state index contributed by atoms with van der Waals surface area (Å²) in [6.07, 6.45) is 1.41. The number of hydrogen-bond acceptors (Lipinski definition) is 6. The van der Waals surface area contributed by atoms with Gasteiger partial charge in [-0.2, -0.15) is 5.10 Å². The maximum atomic E-state index is 12.8. The summed E-state index contributed by atoms with van der Waals surface area (Å²) in [5, 5.41) is 8.27. The molecule has 0 spiro atoms. The number of amides is 2. The second-order valence-electron chi connectivity index (χ2n) is 8.03. The van der Waals surface area contributed by atoms with Gasteiger partial charge in [0.15, 0.2) is 0 Å². The Morgan fingerprint density at radius 2 is 1.71 bits per heavy atom. The van der Waals surface area contributed by atoms with E-state index >= 15 is 0 Å². The van der Waals surface area contributed by atoms with E-state index in [-0.39, 0.29) is 18.2 Å². The number of halogens is 1. The van der Waals surface area contributed by atoms with Gasteiger partial charge in [0, 0.05) is 15.6 Å². The standard InChI is InChI=1S/C29H24BrN3O5/c1-2-37-23-13-10-20(11-14-23)29(36)38-26-15-12-19-6-3-4-9-24(19)25(26)17-32-33-27(34)18-31-28(35)21-7-5-8-22(30)16-21/h3-17H,2,18H2,1H3,(H,31,35)(H,33,34)/b32-17-. The maximum Gasteiger partial charge on any atom is 0.343 e. The van der Waals surface area contributed by atoms with Crippen LogP contribution >= 0.6 is 15.9 Å². The van der Waals surface area contributed by atoms with Gasteiger partial charge in [0.05, 0.1) is 24.9 Å². The molecule has 38 heavy (non-hydrogen) atoms. The minimum atomic E-state index is -0.544. The molecule has 2 N–H and O–H groups in total. The summed E-state index contributed by atoms with van der Waals surface area (Å²) in [5.74, 6) is -0.507. The van der Waals surface area contributed by atoms with Crippen LogP contribution in [0.15, 0.2) is 94.5 Å². The third-order valence-corrected chi connectivity index (χ3v) is 5.91. The highest BCUT2D eigenvalue weighted by Crippen LogP contribution is 2.27. The van der Waals surface area contributed by atoms with E-state index in [1.807, 2.05) is 37.3 Å². The van der Waals surface area contributed by atoms with Crippen molar-refractivity contribution < 1.29 is 23.9 Å². The van der Waals surface area contributed by atoms with E-state index in [2.05, 4.69) is 31.8 Å². The van der Waals surface area contributed by atoms with Crippen LogP contribution in [0.4, 0.5) is 0 Å². The molecule has 0 aromatic heterocycles. The quantitative estimate of drug-likeness (QED) is 0.125. The Morgan fingerprint density at radius 3 is 2.47 bits per heavy atom. The molecular weight excluding hydrogens is 550 g/mol. The molecule has 0 atom stereocenters. The van der Waals surface area contributed by atoms with Crippen molar-refractivity contribution in [1.82, 2.24) is 10.7 Å². The molecule has 0 aliphatic heterocycles. The van der Waals surface area contributed by atoms with Crippen molar-refractivity contribution in [3.8, 4) is 11.5 Å². The first kappa shape index (κ1) is 26.6. The molecule has 4 aromatic carbocycles. The first-order valence-electron chi connectivity index (χ1n) is 11.8. The van der Waals surface area contributed by atoms with Crippen LogP contribution in [0.1, 0.15) is 33.2 Å². The number of carbonyl (C=O) groups is 3. The van der Waals surface area contributed by atoms with Crippen LogP contribution in [-0.4, -0.2) is 37.1 Å². The molecule has 0 bridgehead atoms. The summed E-state index contributed by atoms with van der Waals surface area (Å²) in [5.41, 5.74) is 3.69. The number of rotatable bonds is 9. The van der Waals surface area contributed by atoms with E-state index < -0.39 is 11.9 Å². The van der Waals surface area contributed by atoms with Crippen LogP contribution < -0.4 is 20.2 Å². The third kappa shape index (κ3) is 6.83. The molecule has 0 saturated carbocycles. The number of hydrazone groups is 1. The number of esters is 1. The zero-order chi connectivity index (χ0) is 26.9. The Hall–Kier alpha value is -4.50.